The second kappa shape index (κ2) is 7.39. The van der Waals surface area contributed by atoms with Gasteiger partial charge in [-0.05, 0) is 48.9 Å². The van der Waals surface area contributed by atoms with Crippen LogP contribution in [0.1, 0.15) is 31.2 Å². The molecule has 4 atom stereocenters. The van der Waals surface area contributed by atoms with Crippen LogP contribution in [0.5, 0.6) is 0 Å². The van der Waals surface area contributed by atoms with Gasteiger partial charge >= 0.3 is 0 Å². The molecule has 1 aliphatic carbocycles. The number of carbonyl (C=O) groups is 1. The normalized spacial score (nSPS) is 30.3. The molecule has 1 aromatic rings. The van der Waals surface area contributed by atoms with Crippen LogP contribution < -0.4 is 10.6 Å². The number of nitrogens with one attached hydrogen (secondary N) is 2. The number of piperidine rings is 1. The standard InChI is InChI=1S/C16H20Cl2N2O.ClH/c1-9-4-5-19-8-15(9)20-16(21)13-7-12(13)11-3-2-10(17)6-14(11)18;/h2-3,6,9,12-13,15,19H,4-5,7-8H2,1H3,(H,20,21);1H. The van der Waals surface area contributed by atoms with E-state index in [0.29, 0.717) is 16.0 Å². The molecule has 122 valence electrons. The molecular weight excluding hydrogens is 343 g/mol. The van der Waals surface area contributed by atoms with Gasteiger partial charge in [0.25, 0.3) is 0 Å². The molecule has 22 heavy (non-hydrogen) atoms. The van der Waals surface area contributed by atoms with Gasteiger partial charge in [0.1, 0.15) is 0 Å². The molecule has 0 spiro atoms. The summed E-state index contributed by atoms with van der Waals surface area (Å²) in [7, 11) is 0. The summed E-state index contributed by atoms with van der Waals surface area (Å²) in [5, 5.41) is 7.82. The highest BCUT2D eigenvalue weighted by atomic mass is 35.5. The first-order valence-corrected chi connectivity index (χ1v) is 8.28. The number of halogens is 3. The van der Waals surface area contributed by atoms with Crippen molar-refractivity contribution in [3.8, 4) is 0 Å². The second-order valence-corrected chi connectivity index (χ2v) is 7.04. The van der Waals surface area contributed by atoms with Gasteiger partial charge in [0.15, 0.2) is 0 Å². The zero-order valence-corrected chi connectivity index (χ0v) is 14.8. The van der Waals surface area contributed by atoms with Crippen LogP contribution in [-0.2, 0) is 4.79 Å². The van der Waals surface area contributed by atoms with E-state index in [1.165, 1.54) is 0 Å². The molecule has 1 aromatic carbocycles. The lowest BCUT2D eigenvalue weighted by Crippen LogP contribution is -2.50. The van der Waals surface area contributed by atoms with Crippen molar-refractivity contribution >= 4 is 41.5 Å². The highest BCUT2D eigenvalue weighted by Gasteiger charge is 2.45. The first kappa shape index (κ1) is 17.9. The summed E-state index contributed by atoms with van der Waals surface area (Å²) in [6, 6.07) is 5.77. The molecule has 0 bridgehead atoms. The minimum Gasteiger partial charge on any atom is -0.352 e. The Hall–Kier alpha value is -0.480. The van der Waals surface area contributed by atoms with Crippen LogP contribution in [-0.4, -0.2) is 25.0 Å². The first-order valence-electron chi connectivity index (χ1n) is 7.52. The summed E-state index contributed by atoms with van der Waals surface area (Å²) in [5.41, 5.74) is 1.04. The summed E-state index contributed by atoms with van der Waals surface area (Å²) >= 11 is 12.1. The van der Waals surface area contributed by atoms with Crippen LogP contribution in [0.3, 0.4) is 0 Å². The molecule has 2 aliphatic rings. The molecule has 1 saturated carbocycles. The van der Waals surface area contributed by atoms with Gasteiger partial charge in [-0.3, -0.25) is 4.79 Å². The van der Waals surface area contributed by atoms with Crippen molar-refractivity contribution in [3.05, 3.63) is 33.8 Å². The fraction of sp³-hybridized carbons (Fsp3) is 0.562. The summed E-state index contributed by atoms with van der Waals surface area (Å²) in [5.74, 6) is 0.984. The number of rotatable bonds is 3. The Morgan fingerprint density at radius 3 is 2.82 bits per heavy atom. The number of carbonyl (C=O) groups excluding carboxylic acids is 1. The van der Waals surface area contributed by atoms with Crippen LogP contribution in [0.15, 0.2) is 18.2 Å². The minimum atomic E-state index is 0. The molecule has 1 amide bonds. The maximum atomic E-state index is 12.4. The van der Waals surface area contributed by atoms with E-state index in [0.717, 1.165) is 31.5 Å². The third-order valence-electron chi connectivity index (χ3n) is 4.64. The molecule has 3 nitrogen and oxygen atoms in total. The predicted octanol–water partition coefficient (Wildman–Crippen LogP) is 3.63. The average Bonchev–Trinajstić information content (AvgIpc) is 3.21. The SMILES string of the molecule is CC1CCNCC1NC(=O)C1CC1c1ccc(Cl)cc1Cl.Cl. The zero-order valence-electron chi connectivity index (χ0n) is 12.4. The van der Waals surface area contributed by atoms with Crippen molar-refractivity contribution in [2.45, 2.75) is 31.7 Å². The monoisotopic (exact) mass is 362 g/mol. The average molecular weight is 364 g/mol. The summed E-state index contributed by atoms with van der Waals surface area (Å²) in [4.78, 5) is 12.4. The molecule has 2 fully saturated rings. The molecule has 4 unspecified atom stereocenters. The number of hydrogen-bond acceptors (Lipinski definition) is 2. The topological polar surface area (TPSA) is 41.1 Å². The van der Waals surface area contributed by atoms with Gasteiger partial charge in [-0.1, -0.05) is 36.2 Å². The van der Waals surface area contributed by atoms with Gasteiger partial charge in [0.2, 0.25) is 5.91 Å². The van der Waals surface area contributed by atoms with Gasteiger partial charge in [0, 0.05) is 28.5 Å². The van der Waals surface area contributed by atoms with E-state index in [1.807, 2.05) is 12.1 Å². The van der Waals surface area contributed by atoms with Crippen LogP contribution >= 0.6 is 35.6 Å². The quantitative estimate of drug-likeness (QED) is 0.861. The Labute approximate surface area is 147 Å². The Bertz CT molecular complexity index is 552. The van der Waals surface area contributed by atoms with E-state index < -0.39 is 0 Å². The predicted molar refractivity (Wildman–Crippen MR) is 93.1 cm³/mol. The summed E-state index contributed by atoms with van der Waals surface area (Å²) in [6.45, 7) is 4.11. The lowest BCUT2D eigenvalue weighted by molar-refractivity contribution is -0.123. The second-order valence-electron chi connectivity index (χ2n) is 6.20. The van der Waals surface area contributed by atoms with Crippen LogP contribution in [0.2, 0.25) is 10.0 Å². The third-order valence-corrected chi connectivity index (χ3v) is 5.21. The van der Waals surface area contributed by atoms with Crippen LogP contribution in [0.25, 0.3) is 0 Å². The van der Waals surface area contributed by atoms with E-state index in [1.54, 1.807) is 6.07 Å². The van der Waals surface area contributed by atoms with Crippen molar-refractivity contribution in [3.63, 3.8) is 0 Å². The highest BCUT2D eigenvalue weighted by Crippen LogP contribution is 2.50. The zero-order chi connectivity index (χ0) is 15.0. The Balaban J connectivity index is 0.00000176. The van der Waals surface area contributed by atoms with Gasteiger partial charge in [-0.2, -0.15) is 0 Å². The molecule has 0 aromatic heterocycles. The largest absolute Gasteiger partial charge is 0.352 e. The van der Waals surface area contributed by atoms with E-state index in [2.05, 4.69) is 17.6 Å². The molecule has 3 rings (SSSR count). The number of hydrogen-bond donors (Lipinski definition) is 2. The van der Waals surface area contributed by atoms with Gasteiger partial charge in [-0.15, -0.1) is 12.4 Å². The molecule has 0 radical (unpaired) electrons. The van der Waals surface area contributed by atoms with Crippen molar-refractivity contribution in [2.75, 3.05) is 13.1 Å². The molecule has 1 heterocycles. The summed E-state index contributed by atoms with van der Waals surface area (Å²) in [6.07, 6.45) is 1.99. The lowest BCUT2D eigenvalue weighted by Gasteiger charge is -2.30. The fourth-order valence-corrected chi connectivity index (χ4v) is 3.65. The number of amides is 1. The van der Waals surface area contributed by atoms with Crippen molar-refractivity contribution in [1.82, 2.24) is 10.6 Å². The fourth-order valence-electron chi connectivity index (χ4n) is 3.10. The van der Waals surface area contributed by atoms with Gasteiger partial charge < -0.3 is 10.6 Å². The van der Waals surface area contributed by atoms with E-state index >= 15 is 0 Å². The molecule has 6 heteroatoms. The Kier molecular flexibility index (Phi) is 6.00. The lowest BCUT2D eigenvalue weighted by atomic mass is 9.94. The van der Waals surface area contributed by atoms with Crippen LogP contribution in [0, 0.1) is 11.8 Å². The number of benzene rings is 1. The Morgan fingerprint density at radius 2 is 2.14 bits per heavy atom. The maximum absolute atomic E-state index is 12.4. The molecule has 1 saturated heterocycles. The third kappa shape index (κ3) is 3.88. The minimum absolute atomic E-state index is 0. The smallest absolute Gasteiger partial charge is 0.224 e. The van der Waals surface area contributed by atoms with Gasteiger partial charge in [-0.25, -0.2) is 0 Å². The molecular formula is C16H21Cl3N2O. The first-order chi connectivity index (χ1) is 10.1. The summed E-state index contributed by atoms with van der Waals surface area (Å²) < 4.78 is 0. The highest BCUT2D eigenvalue weighted by molar-refractivity contribution is 6.35. The molecule has 1 aliphatic heterocycles. The molecule has 2 N–H and O–H groups in total. The van der Waals surface area contributed by atoms with Crippen LogP contribution in [0.4, 0.5) is 0 Å². The maximum Gasteiger partial charge on any atom is 0.224 e. The van der Waals surface area contributed by atoms with E-state index in [-0.39, 0.29) is 36.2 Å². The Morgan fingerprint density at radius 1 is 1.36 bits per heavy atom. The van der Waals surface area contributed by atoms with Crippen molar-refractivity contribution in [1.29, 1.82) is 0 Å². The van der Waals surface area contributed by atoms with E-state index in [4.69, 9.17) is 23.2 Å². The van der Waals surface area contributed by atoms with E-state index in [9.17, 15) is 4.79 Å². The van der Waals surface area contributed by atoms with Crippen molar-refractivity contribution < 1.29 is 4.79 Å². The van der Waals surface area contributed by atoms with Crippen molar-refractivity contribution in [2.24, 2.45) is 11.8 Å². The van der Waals surface area contributed by atoms with Gasteiger partial charge in [0.05, 0.1) is 0 Å².